The van der Waals surface area contributed by atoms with Crippen LogP contribution in [0.4, 0.5) is 13.2 Å². The Bertz CT molecular complexity index is 223. The summed E-state index contributed by atoms with van der Waals surface area (Å²) in [5.74, 6) is -0.135. The molecule has 14 heavy (non-hydrogen) atoms. The van der Waals surface area contributed by atoms with Crippen LogP contribution in [0.1, 0.15) is 13.8 Å². The van der Waals surface area contributed by atoms with Crippen LogP contribution in [0.2, 0.25) is 0 Å². The minimum atomic E-state index is -4.32. The second-order valence-corrected chi connectivity index (χ2v) is 3.37. The minimum absolute atomic E-state index is 0.135. The van der Waals surface area contributed by atoms with Crippen molar-refractivity contribution < 1.29 is 22.7 Å². The molecule has 1 amide bonds. The SMILES string of the molecule is CC(=O)N1CC(OC(C)C(F)(F)F)C1. The molecule has 0 aromatic heterocycles. The minimum Gasteiger partial charge on any atom is -0.362 e. The first kappa shape index (κ1) is 11.3. The van der Waals surface area contributed by atoms with Crippen molar-refractivity contribution in [1.82, 2.24) is 4.90 Å². The zero-order valence-electron chi connectivity index (χ0n) is 7.97. The molecular formula is C8H12F3NO2. The van der Waals surface area contributed by atoms with Gasteiger partial charge in [-0.2, -0.15) is 13.2 Å². The number of halogens is 3. The lowest BCUT2D eigenvalue weighted by atomic mass is 10.1. The molecule has 0 saturated carbocycles. The third kappa shape index (κ3) is 2.60. The van der Waals surface area contributed by atoms with Gasteiger partial charge in [0.1, 0.15) is 0 Å². The van der Waals surface area contributed by atoms with Crippen LogP contribution in [0.3, 0.4) is 0 Å². The van der Waals surface area contributed by atoms with Crippen molar-refractivity contribution in [3.63, 3.8) is 0 Å². The van der Waals surface area contributed by atoms with Crippen LogP contribution >= 0.6 is 0 Å². The second-order valence-electron chi connectivity index (χ2n) is 3.37. The fourth-order valence-electron chi connectivity index (χ4n) is 1.15. The maximum Gasteiger partial charge on any atom is 0.414 e. The molecule has 0 bridgehead atoms. The van der Waals surface area contributed by atoms with E-state index in [1.807, 2.05) is 0 Å². The Balaban J connectivity index is 2.26. The summed E-state index contributed by atoms with van der Waals surface area (Å²) in [7, 11) is 0. The highest BCUT2D eigenvalue weighted by Gasteiger charge is 2.41. The maximum absolute atomic E-state index is 12.0. The summed E-state index contributed by atoms with van der Waals surface area (Å²) < 4.78 is 40.8. The molecule has 6 heteroatoms. The lowest BCUT2D eigenvalue weighted by Crippen LogP contribution is -2.55. The van der Waals surface area contributed by atoms with Crippen LogP contribution in [0, 0.1) is 0 Å². The molecule has 1 atom stereocenters. The van der Waals surface area contributed by atoms with E-state index in [2.05, 4.69) is 0 Å². The van der Waals surface area contributed by atoms with E-state index in [4.69, 9.17) is 4.74 Å². The highest BCUT2D eigenvalue weighted by molar-refractivity contribution is 5.74. The third-order valence-electron chi connectivity index (χ3n) is 2.15. The van der Waals surface area contributed by atoms with Gasteiger partial charge in [-0.1, -0.05) is 0 Å². The summed E-state index contributed by atoms with van der Waals surface area (Å²) >= 11 is 0. The number of ether oxygens (including phenoxy) is 1. The Morgan fingerprint density at radius 2 is 2.00 bits per heavy atom. The predicted molar refractivity (Wildman–Crippen MR) is 42.6 cm³/mol. The van der Waals surface area contributed by atoms with Gasteiger partial charge in [0.15, 0.2) is 6.10 Å². The summed E-state index contributed by atoms with van der Waals surface area (Å²) in [6, 6.07) is 0. The van der Waals surface area contributed by atoms with Crippen molar-refractivity contribution in [2.24, 2.45) is 0 Å². The van der Waals surface area contributed by atoms with E-state index in [1.165, 1.54) is 11.8 Å². The highest BCUT2D eigenvalue weighted by atomic mass is 19.4. The van der Waals surface area contributed by atoms with E-state index in [0.29, 0.717) is 0 Å². The number of nitrogens with zero attached hydrogens (tertiary/aromatic N) is 1. The van der Waals surface area contributed by atoms with Crippen molar-refractivity contribution in [3.8, 4) is 0 Å². The van der Waals surface area contributed by atoms with Gasteiger partial charge in [-0.05, 0) is 6.92 Å². The molecule has 1 aliphatic heterocycles. The van der Waals surface area contributed by atoms with Crippen LogP contribution < -0.4 is 0 Å². The molecule has 0 aliphatic carbocycles. The number of likely N-dealkylation sites (tertiary alicyclic amines) is 1. The molecule has 1 unspecified atom stereocenters. The molecule has 1 aliphatic rings. The molecule has 1 heterocycles. The lowest BCUT2D eigenvalue weighted by molar-refractivity contribution is -0.238. The summed E-state index contributed by atoms with van der Waals surface area (Å²) in [6.45, 7) is 2.87. The number of carbonyl (C=O) groups excluding carboxylic acids is 1. The van der Waals surface area contributed by atoms with Crippen molar-refractivity contribution in [2.45, 2.75) is 32.2 Å². The van der Waals surface area contributed by atoms with Gasteiger partial charge in [-0.3, -0.25) is 4.79 Å². The Hall–Kier alpha value is -0.780. The molecular weight excluding hydrogens is 199 g/mol. The number of amides is 1. The Labute approximate surface area is 79.8 Å². The smallest absolute Gasteiger partial charge is 0.362 e. The van der Waals surface area contributed by atoms with E-state index in [1.54, 1.807) is 0 Å². The number of rotatable bonds is 2. The van der Waals surface area contributed by atoms with E-state index in [9.17, 15) is 18.0 Å². The average Bonchev–Trinajstić information content (AvgIpc) is 1.92. The van der Waals surface area contributed by atoms with Gasteiger partial charge >= 0.3 is 6.18 Å². The van der Waals surface area contributed by atoms with Crippen LogP contribution in [-0.4, -0.2) is 42.3 Å². The Morgan fingerprint density at radius 3 is 2.36 bits per heavy atom. The molecule has 0 radical (unpaired) electrons. The van der Waals surface area contributed by atoms with Gasteiger partial charge in [0, 0.05) is 20.0 Å². The van der Waals surface area contributed by atoms with Crippen LogP contribution in [-0.2, 0) is 9.53 Å². The van der Waals surface area contributed by atoms with Gasteiger partial charge in [0.2, 0.25) is 5.91 Å². The number of carbonyl (C=O) groups is 1. The van der Waals surface area contributed by atoms with Crippen LogP contribution in [0.15, 0.2) is 0 Å². The first-order valence-electron chi connectivity index (χ1n) is 4.28. The van der Waals surface area contributed by atoms with Crippen LogP contribution in [0.25, 0.3) is 0 Å². The largest absolute Gasteiger partial charge is 0.414 e. The van der Waals surface area contributed by atoms with E-state index in [0.717, 1.165) is 6.92 Å². The van der Waals surface area contributed by atoms with Crippen molar-refractivity contribution in [1.29, 1.82) is 0 Å². The van der Waals surface area contributed by atoms with Crippen LogP contribution in [0.5, 0.6) is 0 Å². The number of hydrogen-bond donors (Lipinski definition) is 0. The van der Waals surface area contributed by atoms with Crippen molar-refractivity contribution in [3.05, 3.63) is 0 Å². The molecule has 0 spiro atoms. The van der Waals surface area contributed by atoms with Crippen molar-refractivity contribution >= 4 is 5.91 Å². The van der Waals surface area contributed by atoms with E-state index in [-0.39, 0.29) is 19.0 Å². The Kier molecular flexibility index (Phi) is 3.04. The van der Waals surface area contributed by atoms with Crippen molar-refractivity contribution in [2.75, 3.05) is 13.1 Å². The van der Waals surface area contributed by atoms with Gasteiger partial charge in [0.25, 0.3) is 0 Å². The topological polar surface area (TPSA) is 29.5 Å². The van der Waals surface area contributed by atoms with E-state index >= 15 is 0 Å². The maximum atomic E-state index is 12.0. The highest BCUT2D eigenvalue weighted by Crippen LogP contribution is 2.25. The number of alkyl halides is 3. The average molecular weight is 211 g/mol. The van der Waals surface area contributed by atoms with Gasteiger partial charge in [0.05, 0.1) is 6.10 Å². The van der Waals surface area contributed by atoms with Gasteiger partial charge in [-0.25, -0.2) is 0 Å². The molecule has 3 nitrogen and oxygen atoms in total. The summed E-state index contributed by atoms with van der Waals surface area (Å²) in [6.07, 6.45) is -6.56. The molecule has 1 fully saturated rings. The second kappa shape index (κ2) is 3.76. The zero-order chi connectivity index (χ0) is 10.9. The summed E-state index contributed by atoms with van der Waals surface area (Å²) in [5, 5.41) is 0. The van der Waals surface area contributed by atoms with Gasteiger partial charge < -0.3 is 9.64 Å². The quantitative estimate of drug-likeness (QED) is 0.686. The standard InChI is InChI=1S/C8H12F3NO2/c1-5(8(9,10)11)14-7-3-12(4-7)6(2)13/h5,7H,3-4H2,1-2H3. The lowest BCUT2D eigenvalue weighted by Gasteiger charge is -2.39. The third-order valence-corrected chi connectivity index (χ3v) is 2.15. The first-order valence-corrected chi connectivity index (χ1v) is 4.28. The summed E-state index contributed by atoms with van der Waals surface area (Å²) in [5.41, 5.74) is 0. The molecule has 0 aromatic rings. The molecule has 0 N–H and O–H groups in total. The van der Waals surface area contributed by atoms with E-state index < -0.39 is 18.4 Å². The summed E-state index contributed by atoms with van der Waals surface area (Å²) in [4.78, 5) is 12.1. The molecule has 1 saturated heterocycles. The normalized spacial score (nSPS) is 20.5. The molecule has 82 valence electrons. The van der Waals surface area contributed by atoms with Gasteiger partial charge in [-0.15, -0.1) is 0 Å². The molecule has 1 rings (SSSR count). The fourth-order valence-corrected chi connectivity index (χ4v) is 1.15. The monoisotopic (exact) mass is 211 g/mol. The first-order chi connectivity index (χ1) is 6.30. The predicted octanol–water partition coefficient (Wildman–Crippen LogP) is 1.18. The zero-order valence-corrected chi connectivity index (χ0v) is 7.97. The number of hydrogen-bond acceptors (Lipinski definition) is 2. The fraction of sp³-hybridized carbons (Fsp3) is 0.875. The molecule has 0 aromatic carbocycles. The Morgan fingerprint density at radius 1 is 1.50 bits per heavy atom.